The van der Waals surface area contributed by atoms with Crippen LogP contribution in [-0.4, -0.2) is 24.6 Å². The SMILES string of the molecule is N=CC(Cc1ccccc1)OC(C=N)Cc1ccccc1. The molecule has 0 amide bonds. The van der Waals surface area contributed by atoms with Crippen molar-refractivity contribution in [2.75, 3.05) is 0 Å². The predicted molar refractivity (Wildman–Crippen MR) is 86.5 cm³/mol. The second kappa shape index (κ2) is 8.12. The fourth-order valence-corrected chi connectivity index (χ4v) is 2.21. The van der Waals surface area contributed by atoms with Gasteiger partial charge < -0.3 is 15.6 Å². The summed E-state index contributed by atoms with van der Waals surface area (Å²) in [4.78, 5) is 0. The van der Waals surface area contributed by atoms with Crippen molar-refractivity contribution in [1.29, 1.82) is 10.8 Å². The molecule has 0 heterocycles. The average Bonchev–Trinajstić information content (AvgIpc) is 2.55. The molecule has 0 bridgehead atoms. The Kier molecular flexibility index (Phi) is 5.85. The zero-order valence-corrected chi connectivity index (χ0v) is 11.9. The minimum absolute atomic E-state index is 0.303. The molecular formula is C18H20N2O. The highest BCUT2D eigenvalue weighted by atomic mass is 16.5. The van der Waals surface area contributed by atoms with Gasteiger partial charge >= 0.3 is 0 Å². The van der Waals surface area contributed by atoms with Gasteiger partial charge in [0.25, 0.3) is 0 Å². The molecule has 3 heteroatoms. The van der Waals surface area contributed by atoms with Gasteiger partial charge in [0.2, 0.25) is 0 Å². The molecule has 21 heavy (non-hydrogen) atoms. The van der Waals surface area contributed by atoms with E-state index < -0.39 is 0 Å². The van der Waals surface area contributed by atoms with Gasteiger partial charge in [-0.3, -0.25) is 0 Å². The molecule has 108 valence electrons. The monoisotopic (exact) mass is 280 g/mol. The summed E-state index contributed by atoms with van der Waals surface area (Å²) in [5.41, 5.74) is 2.27. The molecule has 0 fully saturated rings. The minimum atomic E-state index is -0.303. The second-order valence-corrected chi connectivity index (χ2v) is 4.93. The van der Waals surface area contributed by atoms with Crippen molar-refractivity contribution in [3.63, 3.8) is 0 Å². The Bertz CT molecular complexity index is 502. The standard InChI is InChI=1S/C18H20N2O/c19-13-17(11-15-7-3-1-4-8-15)21-18(14-20)12-16-9-5-2-6-10-16/h1-10,13-14,17-20H,11-12H2. The van der Waals surface area contributed by atoms with E-state index in [1.165, 1.54) is 12.4 Å². The van der Waals surface area contributed by atoms with Gasteiger partial charge in [0.15, 0.2) is 0 Å². The largest absolute Gasteiger partial charge is 0.363 e. The number of ether oxygens (including phenoxy) is 1. The minimum Gasteiger partial charge on any atom is -0.363 e. The molecule has 2 aromatic carbocycles. The van der Waals surface area contributed by atoms with Gasteiger partial charge in [-0.2, -0.15) is 0 Å². The Labute approximate surface area is 125 Å². The fraction of sp³-hybridized carbons (Fsp3) is 0.222. The molecule has 3 nitrogen and oxygen atoms in total. The second-order valence-electron chi connectivity index (χ2n) is 4.93. The number of rotatable bonds is 8. The van der Waals surface area contributed by atoms with Gasteiger partial charge in [-0.25, -0.2) is 0 Å². The third-order valence-corrected chi connectivity index (χ3v) is 3.28. The highest BCUT2D eigenvalue weighted by molar-refractivity contribution is 5.63. The molecule has 0 aliphatic carbocycles. The summed E-state index contributed by atoms with van der Waals surface area (Å²) in [6.45, 7) is 0. The molecule has 2 unspecified atom stereocenters. The first-order chi connectivity index (χ1) is 10.3. The van der Waals surface area contributed by atoms with Crippen LogP contribution in [0.15, 0.2) is 60.7 Å². The Morgan fingerprint density at radius 2 is 1.10 bits per heavy atom. The van der Waals surface area contributed by atoms with E-state index in [1.54, 1.807) is 0 Å². The highest BCUT2D eigenvalue weighted by Gasteiger charge is 2.14. The maximum atomic E-state index is 7.53. The summed E-state index contributed by atoms with van der Waals surface area (Å²) in [6.07, 6.45) is 3.33. The predicted octanol–water partition coefficient (Wildman–Crippen LogP) is 3.52. The number of hydrogen-bond donors (Lipinski definition) is 2. The Morgan fingerprint density at radius 3 is 1.43 bits per heavy atom. The summed E-state index contributed by atoms with van der Waals surface area (Å²) in [6, 6.07) is 20.0. The van der Waals surface area contributed by atoms with Crippen LogP contribution in [0.3, 0.4) is 0 Å². The molecule has 0 aromatic heterocycles. The molecule has 2 rings (SSSR count). The summed E-state index contributed by atoms with van der Waals surface area (Å²) in [7, 11) is 0. The zero-order valence-electron chi connectivity index (χ0n) is 11.9. The van der Waals surface area contributed by atoms with Crippen molar-refractivity contribution >= 4 is 12.4 Å². The van der Waals surface area contributed by atoms with Crippen LogP contribution in [0.1, 0.15) is 11.1 Å². The van der Waals surface area contributed by atoms with Gasteiger partial charge in [0, 0.05) is 25.3 Å². The Balaban J connectivity index is 1.95. The number of nitrogens with one attached hydrogen (secondary N) is 2. The fourth-order valence-electron chi connectivity index (χ4n) is 2.21. The van der Waals surface area contributed by atoms with E-state index in [0.29, 0.717) is 12.8 Å². The Morgan fingerprint density at radius 1 is 0.714 bits per heavy atom. The maximum Gasteiger partial charge on any atom is 0.0968 e. The summed E-state index contributed by atoms with van der Waals surface area (Å²) < 4.78 is 5.87. The van der Waals surface area contributed by atoms with E-state index >= 15 is 0 Å². The molecule has 0 saturated carbocycles. The van der Waals surface area contributed by atoms with E-state index in [4.69, 9.17) is 15.6 Å². The zero-order chi connectivity index (χ0) is 14.9. The first-order valence-electron chi connectivity index (χ1n) is 7.06. The van der Waals surface area contributed by atoms with Crippen molar-refractivity contribution in [2.45, 2.75) is 25.0 Å². The van der Waals surface area contributed by atoms with E-state index in [-0.39, 0.29) is 12.2 Å². The molecule has 2 aromatic rings. The van der Waals surface area contributed by atoms with E-state index in [0.717, 1.165) is 11.1 Å². The van der Waals surface area contributed by atoms with Gasteiger partial charge in [-0.1, -0.05) is 60.7 Å². The molecular weight excluding hydrogens is 260 g/mol. The lowest BCUT2D eigenvalue weighted by molar-refractivity contribution is 0.0694. The van der Waals surface area contributed by atoms with Gasteiger partial charge in [0.1, 0.15) is 0 Å². The van der Waals surface area contributed by atoms with Gasteiger partial charge in [0.05, 0.1) is 12.2 Å². The molecule has 2 N–H and O–H groups in total. The Hall–Kier alpha value is -2.26. The third kappa shape index (κ3) is 4.97. The lowest BCUT2D eigenvalue weighted by Gasteiger charge is -2.19. The van der Waals surface area contributed by atoms with Crippen molar-refractivity contribution < 1.29 is 4.74 Å². The summed E-state index contributed by atoms with van der Waals surface area (Å²) in [5, 5.41) is 15.1. The lowest BCUT2D eigenvalue weighted by Crippen LogP contribution is -2.27. The average molecular weight is 280 g/mol. The molecule has 0 aliphatic rings. The van der Waals surface area contributed by atoms with Crippen LogP contribution in [0, 0.1) is 10.8 Å². The highest BCUT2D eigenvalue weighted by Crippen LogP contribution is 2.10. The maximum absolute atomic E-state index is 7.53. The van der Waals surface area contributed by atoms with E-state index in [1.807, 2.05) is 60.7 Å². The van der Waals surface area contributed by atoms with Crippen molar-refractivity contribution in [3.8, 4) is 0 Å². The summed E-state index contributed by atoms with van der Waals surface area (Å²) >= 11 is 0. The first-order valence-corrected chi connectivity index (χ1v) is 7.06. The molecule has 2 atom stereocenters. The normalized spacial score (nSPS) is 13.3. The van der Waals surface area contributed by atoms with E-state index in [9.17, 15) is 0 Å². The van der Waals surface area contributed by atoms with Crippen LogP contribution < -0.4 is 0 Å². The van der Waals surface area contributed by atoms with Crippen molar-refractivity contribution in [3.05, 3.63) is 71.8 Å². The molecule has 0 saturated heterocycles. The third-order valence-electron chi connectivity index (χ3n) is 3.28. The van der Waals surface area contributed by atoms with Crippen molar-refractivity contribution in [1.82, 2.24) is 0 Å². The number of hydrogen-bond acceptors (Lipinski definition) is 3. The topological polar surface area (TPSA) is 56.9 Å². The van der Waals surface area contributed by atoms with Crippen LogP contribution in [0.4, 0.5) is 0 Å². The quantitative estimate of drug-likeness (QED) is 0.714. The van der Waals surface area contributed by atoms with Crippen LogP contribution in [0.25, 0.3) is 0 Å². The number of benzene rings is 2. The summed E-state index contributed by atoms with van der Waals surface area (Å²) in [5.74, 6) is 0. The van der Waals surface area contributed by atoms with Crippen LogP contribution in [0.5, 0.6) is 0 Å². The molecule has 0 spiro atoms. The van der Waals surface area contributed by atoms with Crippen LogP contribution >= 0.6 is 0 Å². The molecule has 0 radical (unpaired) electrons. The lowest BCUT2D eigenvalue weighted by atomic mass is 10.1. The van der Waals surface area contributed by atoms with Gasteiger partial charge in [-0.15, -0.1) is 0 Å². The van der Waals surface area contributed by atoms with Crippen LogP contribution in [-0.2, 0) is 17.6 Å². The van der Waals surface area contributed by atoms with E-state index in [2.05, 4.69) is 0 Å². The smallest absolute Gasteiger partial charge is 0.0968 e. The van der Waals surface area contributed by atoms with Crippen LogP contribution in [0.2, 0.25) is 0 Å². The first kappa shape index (κ1) is 15.1. The van der Waals surface area contributed by atoms with Crippen molar-refractivity contribution in [2.24, 2.45) is 0 Å². The molecule has 0 aliphatic heterocycles. The van der Waals surface area contributed by atoms with Gasteiger partial charge in [-0.05, 0) is 11.1 Å².